The molecule has 2 atom stereocenters. The van der Waals surface area contributed by atoms with Crippen LogP contribution in [0.4, 0.5) is 0 Å². The maximum atomic E-state index is 12.4. The van der Waals surface area contributed by atoms with Gasteiger partial charge in [0, 0.05) is 30.8 Å². The highest BCUT2D eigenvalue weighted by Crippen LogP contribution is 2.31. The van der Waals surface area contributed by atoms with E-state index in [1.807, 2.05) is 18.2 Å². The number of halogens is 2. The molecule has 1 aromatic rings. The third-order valence-electron chi connectivity index (χ3n) is 3.34. The minimum absolute atomic E-state index is 0.0781. The van der Waals surface area contributed by atoms with E-state index in [1.165, 1.54) is 0 Å². The lowest BCUT2D eigenvalue weighted by Crippen LogP contribution is -2.38. The molecule has 20 heavy (non-hydrogen) atoms. The van der Waals surface area contributed by atoms with Crippen LogP contribution in [-0.4, -0.2) is 44.6 Å². The minimum Gasteiger partial charge on any atom is -0.371 e. The highest BCUT2D eigenvalue weighted by molar-refractivity contribution is 14.1. The molecule has 0 aliphatic carbocycles. The Bertz CT molecular complexity index is 496. The Kier molecular flexibility index (Phi) is 5.65. The summed E-state index contributed by atoms with van der Waals surface area (Å²) >= 11 is 8.26. The van der Waals surface area contributed by atoms with Crippen molar-refractivity contribution in [3.05, 3.63) is 32.4 Å². The van der Waals surface area contributed by atoms with E-state index in [0.29, 0.717) is 13.2 Å². The Labute approximate surface area is 137 Å². The van der Waals surface area contributed by atoms with Gasteiger partial charge in [-0.2, -0.15) is 0 Å². The molecule has 0 bridgehead atoms. The first-order valence-electron chi connectivity index (χ1n) is 6.49. The molecule has 1 N–H and O–H groups in total. The third kappa shape index (κ3) is 3.63. The van der Waals surface area contributed by atoms with E-state index in [4.69, 9.17) is 16.3 Å². The van der Waals surface area contributed by atoms with Gasteiger partial charge < -0.3 is 15.0 Å². The Morgan fingerprint density at radius 2 is 2.25 bits per heavy atom. The minimum atomic E-state index is -0.231. The zero-order valence-electron chi connectivity index (χ0n) is 11.5. The first kappa shape index (κ1) is 16.0. The van der Waals surface area contributed by atoms with Gasteiger partial charge in [-0.05, 0) is 40.3 Å². The summed E-state index contributed by atoms with van der Waals surface area (Å²) in [5.74, 6) is -0.140. The van der Waals surface area contributed by atoms with Gasteiger partial charge in [0.25, 0.3) is 0 Å². The van der Waals surface area contributed by atoms with Crippen molar-refractivity contribution in [3.8, 4) is 0 Å². The molecule has 0 saturated carbocycles. The molecule has 0 radical (unpaired) electrons. The lowest BCUT2D eigenvalue weighted by molar-refractivity contribution is -0.137. The second-order valence-corrected chi connectivity index (χ2v) is 6.58. The Morgan fingerprint density at radius 3 is 2.90 bits per heavy atom. The van der Waals surface area contributed by atoms with Crippen LogP contribution in [0.1, 0.15) is 11.7 Å². The number of hydrogen-bond donors (Lipinski definition) is 1. The molecule has 110 valence electrons. The van der Waals surface area contributed by atoms with Gasteiger partial charge in [-0.3, -0.25) is 4.79 Å². The predicted octanol–water partition coefficient (Wildman–Crippen LogP) is 2.31. The summed E-state index contributed by atoms with van der Waals surface area (Å²) in [4.78, 5) is 14.0. The maximum Gasteiger partial charge on any atom is 0.229 e. The number of rotatable bonds is 2. The molecule has 1 fully saturated rings. The smallest absolute Gasteiger partial charge is 0.229 e. The molecule has 1 amide bonds. The molecule has 2 rings (SSSR count). The van der Waals surface area contributed by atoms with E-state index >= 15 is 0 Å². The molecule has 0 unspecified atom stereocenters. The molecular formula is C14H18ClIN2O2. The molecule has 0 aromatic heterocycles. The lowest BCUT2D eigenvalue weighted by Gasteiger charge is -2.27. The van der Waals surface area contributed by atoms with Crippen LogP contribution in [0.15, 0.2) is 18.2 Å². The summed E-state index contributed by atoms with van der Waals surface area (Å²) in [6.45, 7) is 1.99. The summed E-state index contributed by atoms with van der Waals surface area (Å²) in [5, 5.41) is 3.98. The van der Waals surface area contributed by atoms with Gasteiger partial charge in [0.2, 0.25) is 5.91 Å². The molecule has 0 spiro atoms. The van der Waals surface area contributed by atoms with E-state index in [9.17, 15) is 4.79 Å². The van der Waals surface area contributed by atoms with E-state index < -0.39 is 0 Å². The van der Waals surface area contributed by atoms with Crippen LogP contribution >= 0.6 is 34.2 Å². The summed E-state index contributed by atoms with van der Waals surface area (Å²) in [6, 6.07) is 5.79. The zero-order chi connectivity index (χ0) is 14.7. The van der Waals surface area contributed by atoms with Gasteiger partial charge in [-0.25, -0.2) is 0 Å². The Balaban J connectivity index is 2.32. The number of carbonyl (C=O) groups excluding carboxylic acids is 1. The molecule has 6 heteroatoms. The van der Waals surface area contributed by atoms with E-state index in [-0.39, 0.29) is 17.9 Å². The summed E-state index contributed by atoms with van der Waals surface area (Å²) in [6.07, 6.45) is -0.231. The van der Waals surface area contributed by atoms with Crippen molar-refractivity contribution in [3.63, 3.8) is 0 Å². The van der Waals surface area contributed by atoms with Crippen LogP contribution in [0, 0.1) is 9.49 Å². The topological polar surface area (TPSA) is 41.6 Å². The van der Waals surface area contributed by atoms with Crippen molar-refractivity contribution < 1.29 is 9.53 Å². The molecule has 4 nitrogen and oxygen atoms in total. The number of nitrogens with zero attached hydrogens (tertiary/aromatic N) is 1. The lowest BCUT2D eigenvalue weighted by atomic mass is 9.94. The van der Waals surface area contributed by atoms with E-state index in [0.717, 1.165) is 20.7 Å². The zero-order valence-corrected chi connectivity index (χ0v) is 14.4. The van der Waals surface area contributed by atoms with Crippen molar-refractivity contribution in [2.24, 2.45) is 5.92 Å². The van der Waals surface area contributed by atoms with Crippen LogP contribution in [0.2, 0.25) is 5.02 Å². The number of nitrogens with one attached hydrogen (secondary N) is 1. The monoisotopic (exact) mass is 408 g/mol. The largest absolute Gasteiger partial charge is 0.371 e. The average molecular weight is 409 g/mol. The van der Waals surface area contributed by atoms with Crippen LogP contribution in [-0.2, 0) is 9.53 Å². The maximum absolute atomic E-state index is 12.4. The number of ether oxygens (including phenoxy) is 1. The summed E-state index contributed by atoms with van der Waals surface area (Å²) in [7, 11) is 3.55. The standard InChI is InChI=1S/C14H18ClIN2O2/c1-18(2)14(19)10-8-17-5-6-20-13(10)9-3-4-11(15)12(16)7-9/h3-4,7,10,13,17H,5-6,8H2,1-2H3/t10-,13+/m1/s1. The van der Waals surface area contributed by atoms with Gasteiger partial charge in [0.05, 0.1) is 23.7 Å². The molecular weight excluding hydrogens is 391 g/mol. The van der Waals surface area contributed by atoms with Crippen LogP contribution in [0.3, 0.4) is 0 Å². The predicted molar refractivity (Wildman–Crippen MR) is 87.9 cm³/mol. The third-order valence-corrected chi connectivity index (χ3v) is 4.88. The van der Waals surface area contributed by atoms with Crippen LogP contribution in [0.5, 0.6) is 0 Å². The molecule has 1 saturated heterocycles. The van der Waals surface area contributed by atoms with Crippen molar-refractivity contribution in [2.75, 3.05) is 33.8 Å². The number of carbonyl (C=O) groups is 1. The van der Waals surface area contributed by atoms with Crippen LogP contribution in [0.25, 0.3) is 0 Å². The number of amides is 1. The highest BCUT2D eigenvalue weighted by atomic mass is 127. The van der Waals surface area contributed by atoms with Gasteiger partial charge >= 0.3 is 0 Å². The number of benzene rings is 1. The Hall–Kier alpha value is -0.370. The number of hydrogen-bond acceptors (Lipinski definition) is 3. The van der Waals surface area contributed by atoms with Gasteiger partial charge in [-0.1, -0.05) is 17.7 Å². The fourth-order valence-corrected chi connectivity index (χ4v) is 2.96. The molecule has 1 heterocycles. The first-order valence-corrected chi connectivity index (χ1v) is 7.95. The normalized spacial score (nSPS) is 23.2. The average Bonchev–Trinajstić information content (AvgIpc) is 2.66. The van der Waals surface area contributed by atoms with E-state index in [1.54, 1.807) is 19.0 Å². The summed E-state index contributed by atoms with van der Waals surface area (Å²) < 4.78 is 6.88. The van der Waals surface area contributed by atoms with Crippen molar-refractivity contribution in [2.45, 2.75) is 6.10 Å². The van der Waals surface area contributed by atoms with Gasteiger partial charge in [-0.15, -0.1) is 0 Å². The fraction of sp³-hybridized carbons (Fsp3) is 0.500. The quantitative estimate of drug-likeness (QED) is 0.764. The molecule has 1 aliphatic rings. The SMILES string of the molecule is CN(C)C(=O)[C@@H]1CNCCO[C@H]1c1ccc(Cl)c(I)c1. The van der Waals surface area contributed by atoms with Crippen molar-refractivity contribution in [1.29, 1.82) is 0 Å². The molecule has 1 aromatic carbocycles. The van der Waals surface area contributed by atoms with Crippen LogP contribution < -0.4 is 5.32 Å². The summed E-state index contributed by atoms with van der Waals surface area (Å²) in [5.41, 5.74) is 1.00. The Morgan fingerprint density at radius 1 is 1.50 bits per heavy atom. The second kappa shape index (κ2) is 7.06. The van der Waals surface area contributed by atoms with Crippen molar-refractivity contribution >= 4 is 40.1 Å². The van der Waals surface area contributed by atoms with Gasteiger partial charge in [0.1, 0.15) is 0 Å². The van der Waals surface area contributed by atoms with Crippen molar-refractivity contribution in [1.82, 2.24) is 10.2 Å². The second-order valence-electron chi connectivity index (χ2n) is 5.01. The first-order chi connectivity index (χ1) is 9.50. The van der Waals surface area contributed by atoms with E-state index in [2.05, 4.69) is 27.9 Å². The van der Waals surface area contributed by atoms with Gasteiger partial charge in [0.15, 0.2) is 0 Å². The molecule has 1 aliphatic heterocycles. The fourth-order valence-electron chi connectivity index (χ4n) is 2.31. The highest BCUT2D eigenvalue weighted by Gasteiger charge is 2.33.